The first kappa shape index (κ1) is 13.8. The number of nitrogens with one attached hydrogen (secondary N) is 1. The number of nitrogens with two attached hydrogens (primary N) is 1. The summed E-state index contributed by atoms with van der Waals surface area (Å²) in [5.41, 5.74) is 5.12. The summed E-state index contributed by atoms with van der Waals surface area (Å²) in [7, 11) is 2.05. The standard InChI is InChI=1S/C13H25N3O2/c1-16(9-12(2-3-12)8-11(14)15)10-13(17)4-6-18-7-5-13/h17H,2-10H2,1H3,(H3,14,15). The average Bonchev–Trinajstić information content (AvgIpc) is 2.96. The lowest BCUT2D eigenvalue weighted by Crippen LogP contribution is -2.47. The lowest BCUT2D eigenvalue weighted by Gasteiger charge is -2.36. The van der Waals surface area contributed by atoms with Crippen molar-refractivity contribution in [3.05, 3.63) is 0 Å². The zero-order valence-electron chi connectivity index (χ0n) is 11.2. The van der Waals surface area contributed by atoms with E-state index in [0.717, 1.165) is 32.2 Å². The van der Waals surface area contributed by atoms with E-state index in [2.05, 4.69) is 4.90 Å². The van der Waals surface area contributed by atoms with Crippen LogP contribution in [0.3, 0.4) is 0 Å². The topological polar surface area (TPSA) is 82.6 Å². The number of likely N-dealkylation sites (N-methyl/N-ethyl adjacent to an activating group) is 1. The normalized spacial score (nSPS) is 25.1. The SMILES string of the molecule is CN(CC1(O)CCOCC1)CC1(CC(=N)N)CC1. The minimum absolute atomic E-state index is 0.210. The van der Waals surface area contributed by atoms with Crippen LogP contribution in [0.5, 0.6) is 0 Å². The van der Waals surface area contributed by atoms with E-state index in [1.54, 1.807) is 0 Å². The summed E-state index contributed by atoms with van der Waals surface area (Å²) >= 11 is 0. The number of ether oxygens (including phenoxy) is 1. The maximum atomic E-state index is 10.5. The van der Waals surface area contributed by atoms with E-state index in [9.17, 15) is 5.11 Å². The van der Waals surface area contributed by atoms with E-state index in [0.29, 0.717) is 26.2 Å². The van der Waals surface area contributed by atoms with Crippen LogP contribution in [0.1, 0.15) is 32.1 Å². The first-order valence-electron chi connectivity index (χ1n) is 6.75. The molecule has 0 bridgehead atoms. The van der Waals surface area contributed by atoms with E-state index in [4.69, 9.17) is 15.9 Å². The molecule has 0 atom stereocenters. The fraction of sp³-hybridized carbons (Fsp3) is 0.923. The summed E-state index contributed by atoms with van der Waals surface area (Å²) in [6.45, 7) is 2.93. The molecule has 2 aliphatic rings. The lowest BCUT2D eigenvalue weighted by molar-refractivity contribution is -0.0783. The quantitative estimate of drug-likeness (QED) is 0.478. The zero-order chi connectivity index (χ0) is 13.2. The number of amidine groups is 1. The van der Waals surface area contributed by atoms with Gasteiger partial charge in [0.2, 0.25) is 0 Å². The third-order valence-electron chi connectivity index (χ3n) is 4.12. The second kappa shape index (κ2) is 5.15. The van der Waals surface area contributed by atoms with Crippen molar-refractivity contribution in [2.24, 2.45) is 11.1 Å². The predicted molar refractivity (Wildman–Crippen MR) is 70.7 cm³/mol. The van der Waals surface area contributed by atoms with Crippen LogP contribution >= 0.6 is 0 Å². The smallest absolute Gasteiger partial charge is 0.0911 e. The molecule has 0 unspecified atom stereocenters. The van der Waals surface area contributed by atoms with E-state index in [1.165, 1.54) is 0 Å². The van der Waals surface area contributed by atoms with Gasteiger partial charge in [-0.3, -0.25) is 5.41 Å². The summed E-state index contributed by atoms with van der Waals surface area (Å²) in [6, 6.07) is 0. The Morgan fingerprint density at radius 1 is 1.28 bits per heavy atom. The summed E-state index contributed by atoms with van der Waals surface area (Å²) in [4.78, 5) is 2.20. The van der Waals surface area contributed by atoms with Gasteiger partial charge in [0.15, 0.2) is 0 Å². The molecule has 0 aromatic heterocycles. The molecule has 2 rings (SSSR count). The Labute approximate surface area is 109 Å². The van der Waals surface area contributed by atoms with Gasteiger partial charge in [-0.25, -0.2) is 0 Å². The highest BCUT2D eigenvalue weighted by Crippen LogP contribution is 2.49. The van der Waals surface area contributed by atoms with Gasteiger partial charge in [-0.15, -0.1) is 0 Å². The summed E-state index contributed by atoms with van der Waals surface area (Å²) < 4.78 is 5.29. The van der Waals surface area contributed by atoms with Crippen LogP contribution in [0.4, 0.5) is 0 Å². The van der Waals surface area contributed by atoms with Crippen molar-refractivity contribution in [1.29, 1.82) is 5.41 Å². The molecule has 104 valence electrons. The summed E-state index contributed by atoms with van der Waals surface area (Å²) in [5.74, 6) is 0.283. The molecule has 0 amide bonds. The highest BCUT2D eigenvalue weighted by Gasteiger charge is 2.44. The zero-order valence-corrected chi connectivity index (χ0v) is 11.2. The predicted octanol–water partition coefficient (Wildman–Crippen LogP) is 0.566. The van der Waals surface area contributed by atoms with Crippen LogP contribution in [0.2, 0.25) is 0 Å². The number of hydrogen-bond acceptors (Lipinski definition) is 4. The Bertz CT molecular complexity index is 309. The van der Waals surface area contributed by atoms with Crippen molar-refractivity contribution < 1.29 is 9.84 Å². The Morgan fingerprint density at radius 3 is 2.39 bits per heavy atom. The van der Waals surface area contributed by atoms with Crippen LogP contribution in [-0.2, 0) is 4.74 Å². The van der Waals surface area contributed by atoms with Gasteiger partial charge in [0.1, 0.15) is 0 Å². The maximum Gasteiger partial charge on any atom is 0.0911 e. The van der Waals surface area contributed by atoms with Gasteiger partial charge >= 0.3 is 0 Å². The molecule has 4 N–H and O–H groups in total. The highest BCUT2D eigenvalue weighted by molar-refractivity contribution is 5.78. The second-order valence-electron chi connectivity index (χ2n) is 6.21. The summed E-state index contributed by atoms with van der Waals surface area (Å²) in [6.07, 6.45) is 4.43. The van der Waals surface area contributed by atoms with Crippen LogP contribution in [-0.4, -0.2) is 54.8 Å². The summed E-state index contributed by atoms with van der Waals surface area (Å²) in [5, 5.41) is 17.9. The molecule has 5 heteroatoms. The third kappa shape index (κ3) is 3.67. The van der Waals surface area contributed by atoms with Gasteiger partial charge in [0.05, 0.1) is 11.4 Å². The van der Waals surface area contributed by atoms with Gasteiger partial charge in [0.25, 0.3) is 0 Å². The molecule has 1 saturated carbocycles. The minimum Gasteiger partial charge on any atom is -0.388 e. The molecule has 0 aromatic rings. The second-order valence-corrected chi connectivity index (χ2v) is 6.21. The number of rotatable bonds is 6. The monoisotopic (exact) mass is 255 g/mol. The van der Waals surface area contributed by atoms with E-state index in [1.807, 2.05) is 7.05 Å². The van der Waals surface area contributed by atoms with E-state index in [-0.39, 0.29) is 11.3 Å². The highest BCUT2D eigenvalue weighted by atomic mass is 16.5. The van der Waals surface area contributed by atoms with Crippen LogP contribution in [0, 0.1) is 10.8 Å². The Balaban J connectivity index is 1.81. The van der Waals surface area contributed by atoms with Crippen LogP contribution in [0.25, 0.3) is 0 Å². The molecule has 18 heavy (non-hydrogen) atoms. The molecule has 1 heterocycles. The van der Waals surface area contributed by atoms with Crippen molar-refractivity contribution in [3.63, 3.8) is 0 Å². The maximum absolute atomic E-state index is 10.5. The fourth-order valence-corrected chi connectivity index (χ4v) is 3.01. The molecule has 2 fully saturated rings. The average molecular weight is 255 g/mol. The van der Waals surface area contributed by atoms with Crippen LogP contribution < -0.4 is 5.73 Å². The van der Waals surface area contributed by atoms with Gasteiger partial charge < -0.3 is 20.5 Å². The minimum atomic E-state index is -0.598. The van der Waals surface area contributed by atoms with Crippen molar-refractivity contribution >= 4 is 5.84 Å². The fourth-order valence-electron chi connectivity index (χ4n) is 3.01. The largest absolute Gasteiger partial charge is 0.388 e. The molecule has 1 aliphatic carbocycles. The van der Waals surface area contributed by atoms with Gasteiger partial charge in [-0.2, -0.15) is 0 Å². The third-order valence-corrected chi connectivity index (χ3v) is 4.12. The first-order chi connectivity index (χ1) is 8.43. The molecule has 1 aliphatic heterocycles. The molecule has 1 saturated heterocycles. The molecule has 0 radical (unpaired) electrons. The van der Waals surface area contributed by atoms with E-state index >= 15 is 0 Å². The van der Waals surface area contributed by atoms with Crippen LogP contribution in [0.15, 0.2) is 0 Å². The van der Waals surface area contributed by atoms with Crippen molar-refractivity contribution in [3.8, 4) is 0 Å². The molecular formula is C13H25N3O2. The van der Waals surface area contributed by atoms with Gasteiger partial charge in [-0.05, 0) is 25.3 Å². The number of hydrogen-bond donors (Lipinski definition) is 3. The number of nitrogens with zero attached hydrogens (tertiary/aromatic N) is 1. The van der Waals surface area contributed by atoms with E-state index < -0.39 is 5.60 Å². The Morgan fingerprint density at radius 2 is 1.89 bits per heavy atom. The Hall–Kier alpha value is -0.650. The van der Waals surface area contributed by atoms with Gasteiger partial charge in [0, 0.05) is 45.6 Å². The first-order valence-corrected chi connectivity index (χ1v) is 6.75. The van der Waals surface area contributed by atoms with Gasteiger partial charge in [-0.1, -0.05) is 0 Å². The molecular weight excluding hydrogens is 230 g/mol. The van der Waals surface area contributed by atoms with Crippen molar-refractivity contribution in [2.75, 3.05) is 33.4 Å². The molecule has 5 nitrogen and oxygen atoms in total. The number of aliphatic hydroxyl groups is 1. The van der Waals surface area contributed by atoms with Crippen molar-refractivity contribution in [1.82, 2.24) is 4.90 Å². The van der Waals surface area contributed by atoms with Crippen molar-refractivity contribution in [2.45, 2.75) is 37.7 Å². The lowest BCUT2D eigenvalue weighted by atomic mass is 9.93. The molecule has 0 spiro atoms. The molecule has 0 aromatic carbocycles. The Kier molecular flexibility index (Phi) is 3.94.